The number of nitrogens with two attached hydrogens (primary N) is 1. The van der Waals surface area contributed by atoms with Gasteiger partial charge in [0, 0.05) is 52.5 Å². The van der Waals surface area contributed by atoms with Crippen LogP contribution in [0.5, 0.6) is 0 Å². The van der Waals surface area contributed by atoms with E-state index in [0.717, 1.165) is 39.4 Å². The van der Waals surface area contributed by atoms with Gasteiger partial charge in [-0.25, -0.2) is 23.7 Å². The van der Waals surface area contributed by atoms with Gasteiger partial charge in [-0.15, -0.1) is 0 Å². The van der Waals surface area contributed by atoms with Crippen molar-refractivity contribution in [2.24, 2.45) is 15.7 Å². The van der Waals surface area contributed by atoms with Gasteiger partial charge in [0.25, 0.3) is 6.43 Å². The second-order valence-corrected chi connectivity index (χ2v) is 10.2. The first-order valence-corrected chi connectivity index (χ1v) is 13.7. The summed E-state index contributed by atoms with van der Waals surface area (Å²) in [5.41, 5.74) is 6.40. The number of hydrogen-bond donors (Lipinski definition) is 1. The van der Waals surface area contributed by atoms with Crippen molar-refractivity contribution in [3.63, 3.8) is 0 Å². The fourth-order valence-corrected chi connectivity index (χ4v) is 4.99. The Bertz CT molecular complexity index is 1440. The van der Waals surface area contributed by atoms with Crippen LogP contribution in [-0.4, -0.2) is 126 Å². The van der Waals surface area contributed by atoms with E-state index in [4.69, 9.17) is 20.2 Å². The summed E-state index contributed by atoms with van der Waals surface area (Å²) in [5, 5.41) is 0. The zero-order chi connectivity index (χ0) is 28.4. The Labute approximate surface area is 235 Å². The van der Waals surface area contributed by atoms with Gasteiger partial charge in [0.15, 0.2) is 11.6 Å². The first-order chi connectivity index (χ1) is 19.9. The fraction of sp³-hybridized carbons (Fsp3) is 0.538. The lowest BCUT2D eigenvalue weighted by atomic mass is 10.0. The maximum Gasteiger partial charge on any atom is 0.296 e. The van der Waals surface area contributed by atoms with E-state index in [1.54, 1.807) is 30.5 Å². The van der Waals surface area contributed by atoms with Crippen molar-refractivity contribution in [3.05, 3.63) is 35.9 Å². The molecule has 0 saturated carbocycles. The molecule has 2 fully saturated rings. The molecule has 5 heterocycles. The Kier molecular flexibility index (Phi) is 7.84. The molecule has 0 aliphatic carbocycles. The third-order valence-corrected chi connectivity index (χ3v) is 7.39. The summed E-state index contributed by atoms with van der Waals surface area (Å²) in [4.78, 5) is 33.5. The van der Waals surface area contributed by atoms with Gasteiger partial charge in [0.1, 0.15) is 5.54 Å². The normalized spacial score (nSPS) is 22.0. The number of aliphatic imine (C=N–C) groups is 2. The molecule has 0 bridgehead atoms. The van der Waals surface area contributed by atoms with Gasteiger partial charge < -0.3 is 25.0 Å². The molecule has 0 amide bonds. The van der Waals surface area contributed by atoms with E-state index < -0.39 is 17.8 Å². The second-order valence-electron chi connectivity index (χ2n) is 10.2. The number of fused-ring (bicyclic) bond motifs is 1. The Morgan fingerprint density at radius 1 is 0.976 bits per heavy atom. The van der Waals surface area contributed by atoms with Gasteiger partial charge in [-0.05, 0) is 12.1 Å². The average molecular weight is 570 g/mol. The van der Waals surface area contributed by atoms with Crippen molar-refractivity contribution in [1.82, 2.24) is 34.3 Å². The zero-order valence-electron chi connectivity index (χ0n) is 22.9. The second kappa shape index (κ2) is 11.7. The van der Waals surface area contributed by atoms with Crippen molar-refractivity contribution in [2.45, 2.75) is 12.0 Å². The van der Waals surface area contributed by atoms with Gasteiger partial charge in [-0.3, -0.25) is 9.47 Å². The number of likely N-dealkylation sites (N-methyl/N-ethyl adjacent to an activating group) is 1. The Morgan fingerprint density at radius 3 is 2.39 bits per heavy atom. The summed E-state index contributed by atoms with van der Waals surface area (Å²) in [6, 6.07) is 6.88. The topological polar surface area (TPSA) is 135 Å². The lowest BCUT2D eigenvalue weighted by molar-refractivity contribution is 0.0364. The van der Waals surface area contributed by atoms with Crippen molar-refractivity contribution in [1.29, 1.82) is 0 Å². The number of alkyl halides is 2. The highest BCUT2D eigenvalue weighted by Crippen LogP contribution is 2.28. The molecule has 13 nitrogen and oxygen atoms in total. The summed E-state index contributed by atoms with van der Waals surface area (Å²) in [5.74, 6) is 0.618. The highest BCUT2D eigenvalue weighted by molar-refractivity contribution is 5.92. The van der Waals surface area contributed by atoms with Crippen molar-refractivity contribution >= 4 is 29.2 Å². The minimum absolute atomic E-state index is 0.0103. The first kappa shape index (κ1) is 27.5. The molecule has 2 N–H and O–H groups in total. The molecule has 6 rings (SSSR count). The number of aromatic nitrogens is 5. The van der Waals surface area contributed by atoms with Crippen LogP contribution in [0.2, 0.25) is 0 Å². The van der Waals surface area contributed by atoms with Gasteiger partial charge >= 0.3 is 0 Å². The van der Waals surface area contributed by atoms with E-state index in [1.165, 1.54) is 4.57 Å². The van der Waals surface area contributed by atoms with Crippen LogP contribution in [-0.2, 0) is 15.0 Å². The summed E-state index contributed by atoms with van der Waals surface area (Å²) < 4.78 is 40.5. The minimum Gasteiger partial charge on any atom is -0.379 e. The van der Waals surface area contributed by atoms with Crippen LogP contribution in [0.15, 0.2) is 34.3 Å². The molecule has 2 aromatic heterocycles. The maximum atomic E-state index is 14.2. The quantitative estimate of drug-likeness (QED) is 0.436. The van der Waals surface area contributed by atoms with Crippen molar-refractivity contribution in [3.8, 4) is 5.95 Å². The standard InChI is InChI=1S/C26H33F2N11O2/c1-36(6-7-37-8-12-40-13-9-37)23-30-16-26(29,17-31-23)22-33-24(38-10-14-41-15-11-38)35-25(34-22)39-19-5-3-2-4-18(19)32-21(39)20(27)28/h2-5,16,20H,6-15,17,29H2,1H3. The lowest BCUT2D eigenvalue weighted by Crippen LogP contribution is -2.48. The summed E-state index contributed by atoms with van der Waals surface area (Å²) in [7, 11) is 1.94. The largest absolute Gasteiger partial charge is 0.379 e. The average Bonchev–Trinajstić information content (AvgIpc) is 3.41. The summed E-state index contributed by atoms with van der Waals surface area (Å²) >= 11 is 0. The minimum atomic E-state index is -2.85. The maximum absolute atomic E-state index is 14.2. The number of imidazole rings is 1. The Hall–Kier alpha value is -3.66. The summed E-state index contributed by atoms with van der Waals surface area (Å²) in [6.07, 6.45) is -1.26. The van der Waals surface area contributed by atoms with Crippen molar-refractivity contribution in [2.75, 3.05) is 84.2 Å². The Balaban J connectivity index is 1.32. The van der Waals surface area contributed by atoms with Crippen LogP contribution < -0.4 is 10.6 Å². The summed E-state index contributed by atoms with van der Waals surface area (Å²) in [6.45, 7) is 7.10. The highest BCUT2D eigenvalue weighted by atomic mass is 19.3. The number of nitrogens with zero attached hydrogens (tertiary/aromatic N) is 10. The van der Waals surface area contributed by atoms with Gasteiger partial charge in [0.2, 0.25) is 17.9 Å². The van der Waals surface area contributed by atoms with E-state index in [0.29, 0.717) is 49.2 Å². The molecule has 3 aliphatic heterocycles. The van der Waals surface area contributed by atoms with Gasteiger partial charge in [-0.2, -0.15) is 15.0 Å². The number of hydrogen-bond acceptors (Lipinski definition) is 12. The zero-order valence-corrected chi connectivity index (χ0v) is 22.9. The van der Waals surface area contributed by atoms with E-state index in [1.807, 2.05) is 16.8 Å². The van der Waals surface area contributed by atoms with Crippen LogP contribution in [0, 0.1) is 0 Å². The molecule has 3 aromatic rings. The predicted molar refractivity (Wildman–Crippen MR) is 149 cm³/mol. The number of halogens is 2. The molecule has 218 valence electrons. The van der Waals surface area contributed by atoms with E-state index in [9.17, 15) is 8.78 Å². The number of benzene rings is 1. The number of anilines is 1. The number of rotatable bonds is 7. The fourth-order valence-electron chi connectivity index (χ4n) is 4.99. The highest BCUT2D eigenvalue weighted by Gasteiger charge is 2.35. The van der Waals surface area contributed by atoms with Crippen LogP contribution in [0.25, 0.3) is 17.0 Å². The molecule has 2 saturated heterocycles. The van der Waals surface area contributed by atoms with Crippen molar-refractivity contribution < 1.29 is 18.3 Å². The van der Waals surface area contributed by atoms with Gasteiger partial charge in [-0.1, -0.05) is 12.1 Å². The molecule has 0 spiro atoms. The smallest absolute Gasteiger partial charge is 0.296 e. The molecule has 1 aromatic carbocycles. The molecular weight excluding hydrogens is 536 g/mol. The predicted octanol–water partition coefficient (Wildman–Crippen LogP) is 0.843. The third kappa shape index (κ3) is 5.75. The van der Waals surface area contributed by atoms with Crippen LogP contribution >= 0.6 is 0 Å². The molecule has 15 heteroatoms. The molecule has 3 aliphatic rings. The van der Waals surface area contributed by atoms with Crippen LogP contribution in [0.4, 0.5) is 14.7 Å². The van der Waals surface area contributed by atoms with E-state index >= 15 is 0 Å². The Morgan fingerprint density at radius 2 is 1.68 bits per heavy atom. The monoisotopic (exact) mass is 569 g/mol. The van der Waals surface area contributed by atoms with E-state index in [2.05, 4.69) is 29.8 Å². The molecule has 41 heavy (non-hydrogen) atoms. The molecule has 1 atom stereocenters. The third-order valence-electron chi connectivity index (χ3n) is 7.39. The lowest BCUT2D eigenvalue weighted by Gasteiger charge is -2.31. The SMILES string of the molecule is CN(CCN1CCOCC1)C1=NCC(N)(c2nc(N3CCOCC3)nc(-n3c(C(F)F)nc4ccccc43)n2)C=N1. The number of para-hydroxylation sites is 2. The molecular formula is C26H33F2N11O2. The molecule has 1 unspecified atom stereocenters. The van der Waals surface area contributed by atoms with E-state index in [-0.39, 0.29) is 18.3 Å². The van der Waals surface area contributed by atoms with Gasteiger partial charge in [0.05, 0.1) is 44.0 Å². The number of guanidine groups is 1. The first-order valence-electron chi connectivity index (χ1n) is 13.7. The van der Waals surface area contributed by atoms with Crippen LogP contribution in [0.1, 0.15) is 18.1 Å². The van der Waals surface area contributed by atoms with Crippen LogP contribution in [0.3, 0.4) is 0 Å². The molecule has 0 radical (unpaired) electrons. The number of ether oxygens (including phenoxy) is 2. The number of morpholine rings is 2.